The predicted molar refractivity (Wildman–Crippen MR) is 90.6 cm³/mol. The van der Waals surface area contributed by atoms with Crippen molar-refractivity contribution in [1.29, 1.82) is 0 Å². The lowest BCUT2D eigenvalue weighted by Gasteiger charge is -2.17. The fourth-order valence-corrected chi connectivity index (χ4v) is 3.34. The highest BCUT2D eigenvalue weighted by atomic mass is 35.5. The second-order valence-corrected chi connectivity index (χ2v) is 6.66. The number of oxime groups is 1. The lowest BCUT2D eigenvalue weighted by molar-refractivity contribution is -0.672. The maximum absolute atomic E-state index is 8.78. The first kappa shape index (κ1) is 21.0. The summed E-state index contributed by atoms with van der Waals surface area (Å²) < 4.78 is 10.1. The highest BCUT2D eigenvalue weighted by molar-refractivity contribution is 5.72. The summed E-state index contributed by atoms with van der Waals surface area (Å²) in [6.45, 7) is 0.521. The molecule has 0 aliphatic heterocycles. The third-order valence-corrected chi connectivity index (χ3v) is 4.80. The van der Waals surface area contributed by atoms with Crippen LogP contribution in [-0.4, -0.2) is 22.1 Å². The van der Waals surface area contributed by atoms with Gasteiger partial charge in [-0.2, -0.15) is 0 Å². The minimum atomic E-state index is 0. The molecule has 0 bridgehead atoms. The summed E-state index contributed by atoms with van der Waals surface area (Å²) in [5.41, 5.74) is 0. The number of hydrogen-bond donors (Lipinski definition) is 1. The minimum absolute atomic E-state index is 0. The van der Waals surface area contributed by atoms with E-state index in [1.165, 1.54) is 64.0 Å². The van der Waals surface area contributed by atoms with Gasteiger partial charge in [-0.3, -0.25) is 0 Å². The Morgan fingerprint density at radius 2 is 1.67 bits per heavy atom. The molecule has 1 saturated carbocycles. The van der Waals surface area contributed by atoms with E-state index in [4.69, 9.17) is 9.94 Å². The van der Waals surface area contributed by atoms with Gasteiger partial charge >= 0.3 is 5.82 Å². The molecular formula is C18H32ClN3O2. The molecule has 1 N–H and O–H groups in total. The van der Waals surface area contributed by atoms with Crippen LogP contribution in [0.5, 0.6) is 0 Å². The lowest BCUT2D eigenvalue weighted by atomic mass is 9.99. The number of nitrogens with zero attached hydrogens (tertiary/aromatic N) is 3. The summed E-state index contributed by atoms with van der Waals surface area (Å²) in [5.74, 6) is 0.834. The Labute approximate surface area is 152 Å². The molecule has 1 aromatic heterocycles. The van der Waals surface area contributed by atoms with Gasteiger partial charge in [0.25, 0.3) is 0 Å². The van der Waals surface area contributed by atoms with Gasteiger partial charge in [-0.1, -0.05) is 62.9 Å². The number of halogens is 1. The zero-order valence-electron chi connectivity index (χ0n) is 14.9. The minimum Gasteiger partial charge on any atom is -1.00 e. The number of rotatable bonds is 4. The number of imidazole rings is 1. The van der Waals surface area contributed by atoms with E-state index < -0.39 is 0 Å². The Bertz CT molecular complexity index is 465. The Hall–Kier alpha value is -1.07. The zero-order valence-corrected chi connectivity index (χ0v) is 15.6. The van der Waals surface area contributed by atoms with Crippen LogP contribution in [0.15, 0.2) is 17.5 Å². The quantitative estimate of drug-likeness (QED) is 0.374. The van der Waals surface area contributed by atoms with Crippen molar-refractivity contribution >= 4 is 6.21 Å². The maximum atomic E-state index is 8.78. The van der Waals surface area contributed by atoms with Crippen molar-refractivity contribution in [3.05, 3.63) is 18.2 Å². The molecule has 1 aliphatic carbocycles. The predicted octanol–water partition coefficient (Wildman–Crippen LogP) is 0.772. The van der Waals surface area contributed by atoms with Crippen molar-refractivity contribution in [2.24, 2.45) is 12.2 Å². The van der Waals surface area contributed by atoms with Crippen LogP contribution in [0.3, 0.4) is 0 Å². The summed E-state index contributed by atoms with van der Waals surface area (Å²) in [5, 5.41) is 11.9. The van der Waals surface area contributed by atoms with Gasteiger partial charge in [0, 0.05) is 0 Å². The van der Waals surface area contributed by atoms with Gasteiger partial charge in [0.2, 0.25) is 0 Å². The molecule has 0 amide bonds. The first-order valence-electron chi connectivity index (χ1n) is 9.15. The smallest absolute Gasteiger partial charge is 0.305 e. The highest BCUT2D eigenvalue weighted by Gasteiger charge is 2.16. The van der Waals surface area contributed by atoms with Gasteiger partial charge in [0.05, 0.1) is 13.2 Å². The molecule has 24 heavy (non-hydrogen) atoms. The van der Waals surface area contributed by atoms with Crippen molar-refractivity contribution in [2.45, 2.75) is 83.5 Å². The topological polar surface area (TPSA) is 50.6 Å². The van der Waals surface area contributed by atoms with Crippen molar-refractivity contribution in [1.82, 2.24) is 4.57 Å². The van der Waals surface area contributed by atoms with Crippen LogP contribution in [0.4, 0.5) is 0 Å². The fraction of sp³-hybridized carbons (Fsp3) is 0.778. The maximum Gasteiger partial charge on any atom is 0.305 e. The Morgan fingerprint density at radius 3 is 2.21 bits per heavy atom. The molecule has 0 atom stereocenters. The summed E-state index contributed by atoms with van der Waals surface area (Å²) in [4.78, 5) is 0. The summed E-state index contributed by atoms with van der Waals surface area (Å²) in [6.07, 6.45) is 20.2. The van der Waals surface area contributed by atoms with Crippen LogP contribution < -0.4 is 17.0 Å². The van der Waals surface area contributed by atoms with Gasteiger partial charge < -0.3 is 22.4 Å². The summed E-state index contributed by atoms with van der Waals surface area (Å²) >= 11 is 0. The van der Waals surface area contributed by atoms with Gasteiger partial charge in [-0.25, -0.2) is 9.13 Å². The van der Waals surface area contributed by atoms with Crippen molar-refractivity contribution in [2.75, 3.05) is 0 Å². The van der Waals surface area contributed by atoms with Crippen molar-refractivity contribution in [3.63, 3.8) is 0 Å². The van der Waals surface area contributed by atoms with Gasteiger partial charge in [-0.15, -0.1) is 0 Å². The van der Waals surface area contributed by atoms with Crippen LogP contribution in [0.2, 0.25) is 0 Å². The van der Waals surface area contributed by atoms with E-state index >= 15 is 0 Å². The second-order valence-electron chi connectivity index (χ2n) is 6.66. The highest BCUT2D eigenvalue weighted by Crippen LogP contribution is 2.19. The first-order chi connectivity index (χ1) is 11.3. The molecule has 1 aliphatic rings. The van der Waals surface area contributed by atoms with E-state index in [1.54, 1.807) is 0 Å². The Morgan fingerprint density at radius 1 is 1.12 bits per heavy atom. The molecule has 1 aromatic rings. The molecule has 2 rings (SSSR count). The summed E-state index contributed by atoms with van der Waals surface area (Å²) in [6, 6.07) is 0. The molecule has 0 aromatic carbocycles. The van der Waals surface area contributed by atoms with E-state index in [1.807, 2.05) is 28.6 Å². The SMILES string of the molecule is C[n+]1ccn(COC2CCCCCCCCCCC2)c1/C=N/O.[Cl-]. The van der Waals surface area contributed by atoms with Gasteiger partial charge in [0.1, 0.15) is 12.4 Å². The average molecular weight is 358 g/mol. The van der Waals surface area contributed by atoms with Gasteiger partial charge in [0.15, 0.2) is 12.9 Å². The van der Waals surface area contributed by atoms with Crippen molar-refractivity contribution < 1.29 is 26.9 Å². The third-order valence-electron chi connectivity index (χ3n) is 4.80. The number of ether oxygens (including phenoxy) is 1. The van der Waals surface area contributed by atoms with Crippen LogP contribution in [0.25, 0.3) is 0 Å². The molecule has 0 saturated heterocycles. The van der Waals surface area contributed by atoms with E-state index in [2.05, 4.69) is 5.16 Å². The standard InChI is InChI=1S/C18H31N3O2.ClH/c1-20-13-14-21(18(20)15-19-22)16-23-17-11-9-7-5-3-2-4-6-8-10-12-17;/h13-15,17H,2-12,16H2,1H3;1H. The normalized spacial score (nSPS) is 18.7. The molecule has 5 nitrogen and oxygen atoms in total. The van der Waals surface area contributed by atoms with E-state index in [-0.39, 0.29) is 12.4 Å². The molecule has 1 fully saturated rings. The van der Waals surface area contributed by atoms with Gasteiger partial charge in [-0.05, 0) is 12.8 Å². The van der Waals surface area contributed by atoms with E-state index in [0.29, 0.717) is 12.8 Å². The van der Waals surface area contributed by atoms with Crippen LogP contribution in [0, 0.1) is 0 Å². The first-order valence-corrected chi connectivity index (χ1v) is 9.15. The Kier molecular flexibility index (Phi) is 10.8. The third kappa shape index (κ3) is 7.22. The molecule has 138 valence electrons. The Balaban J connectivity index is 0.00000288. The molecule has 0 unspecified atom stereocenters. The van der Waals surface area contributed by atoms with E-state index in [0.717, 1.165) is 18.7 Å². The number of aromatic nitrogens is 2. The molecular weight excluding hydrogens is 326 g/mol. The molecule has 1 heterocycles. The zero-order chi connectivity index (χ0) is 16.3. The summed E-state index contributed by atoms with van der Waals surface area (Å²) in [7, 11) is 1.93. The molecule has 6 heteroatoms. The number of aryl methyl sites for hydroxylation is 1. The van der Waals surface area contributed by atoms with E-state index in [9.17, 15) is 0 Å². The fourth-order valence-electron chi connectivity index (χ4n) is 3.34. The average Bonchev–Trinajstić information content (AvgIpc) is 2.88. The molecule has 0 radical (unpaired) electrons. The second kappa shape index (κ2) is 12.3. The van der Waals surface area contributed by atoms with Crippen LogP contribution >= 0.6 is 0 Å². The van der Waals surface area contributed by atoms with Crippen molar-refractivity contribution in [3.8, 4) is 0 Å². The molecule has 0 spiro atoms. The van der Waals surface area contributed by atoms with Crippen LogP contribution in [-0.2, 0) is 18.5 Å². The largest absolute Gasteiger partial charge is 1.00 e. The number of hydrogen-bond acceptors (Lipinski definition) is 3. The van der Waals surface area contributed by atoms with Crippen LogP contribution in [0.1, 0.15) is 76.5 Å². The monoisotopic (exact) mass is 357 g/mol. The lowest BCUT2D eigenvalue weighted by Crippen LogP contribution is -3.00.